The zero-order valence-corrected chi connectivity index (χ0v) is 11.6. The Labute approximate surface area is 109 Å². The Kier molecular flexibility index (Phi) is 5.01. The Morgan fingerprint density at radius 3 is 2.61 bits per heavy atom. The minimum atomic E-state index is 0.0187. The average molecular weight is 250 g/mol. The van der Waals surface area contributed by atoms with Gasteiger partial charge in [0.1, 0.15) is 5.75 Å². The van der Waals surface area contributed by atoms with Crippen molar-refractivity contribution in [1.29, 1.82) is 0 Å². The Bertz CT molecular complexity index is 418. The smallest absolute Gasteiger partial charge is 0.254 e. The third-order valence-electron chi connectivity index (χ3n) is 3.20. The maximum atomic E-state index is 12.4. The second-order valence-electron chi connectivity index (χ2n) is 4.31. The number of methoxy groups -OCH3 is 1. The third kappa shape index (κ3) is 2.94. The summed E-state index contributed by atoms with van der Waals surface area (Å²) in [5.74, 6) is 0.561. The zero-order chi connectivity index (χ0) is 13.7. The van der Waals surface area contributed by atoms with Gasteiger partial charge in [0.05, 0.1) is 12.8 Å². The second-order valence-corrected chi connectivity index (χ2v) is 4.31. The van der Waals surface area contributed by atoms with Gasteiger partial charge in [-0.15, -0.1) is 0 Å². The minimum Gasteiger partial charge on any atom is -0.495 e. The fourth-order valence-corrected chi connectivity index (χ4v) is 1.89. The molecule has 1 amide bonds. The molecule has 4 heteroatoms. The highest BCUT2D eigenvalue weighted by Gasteiger charge is 2.19. The number of anilines is 1. The Morgan fingerprint density at radius 2 is 2.11 bits per heavy atom. The Morgan fingerprint density at radius 1 is 1.44 bits per heavy atom. The molecule has 1 unspecified atom stereocenters. The molecular weight excluding hydrogens is 228 g/mol. The summed E-state index contributed by atoms with van der Waals surface area (Å²) < 4.78 is 5.14. The van der Waals surface area contributed by atoms with Crippen LogP contribution in [-0.4, -0.2) is 30.5 Å². The van der Waals surface area contributed by atoms with E-state index in [0.29, 0.717) is 23.5 Å². The summed E-state index contributed by atoms with van der Waals surface area (Å²) in [5, 5.41) is 0. The number of nitrogen functional groups attached to an aromatic ring is 1. The summed E-state index contributed by atoms with van der Waals surface area (Å²) in [7, 11) is 1.55. The highest BCUT2D eigenvalue weighted by molar-refractivity contribution is 5.95. The summed E-state index contributed by atoms with van der Waals surface area (Å²) in [6.45, 7) is 6.80. The zero-order valence-electron chi connectivity index (χ0n) is 11.6. The first kappa shape index (κ1) is 14.4. The van der Waals surface area contributed by atoms with Crippen LogP contribution in [0.25, 0.3) is 0 Å². The van der Waals surface area contributed by atoms with Crippen LogP contribution in [0.3, 0.4) is 0 Å². The standard InChI is InChI=1S/C14H22N2O2/c1-5-10(3)16(6-2)14(17)11-7-8-12(15)13(9-11)18-4/h7-10H,5-6,15H2,1-4H3. The maximum absolute atomic E-state index is 12.4. The van der Waals surface area contributed by atoms with E-state index in [1.54, 1.807) is 25.3 Å². The first-order valence-electron chi connectivity index (χ1n) is 6.29. The molecule has 2 N–H and O–H groups in total. The monoisotopic (exact) mass is 250 g/mol. The molecule has 0 aliphatic rings. The van der Waals surface area contributed by atoms with Crippen molar-refractivity contribution in [3.8, 4) is 5.75 Å². The van der Waals surface area contributed by atoms with Crippen LogP contribution in [-0.2, 0) is 0 Å². The molecule has 0 bridgehead atoms. The number of carbonyl (C=O) groups is 1. The fourth-order valence-electron chi connectivity index (χ4n) is 1.89. The van der Waals surface area contributed by atoms with E-state index in [1.807, 2.05) is 11.8 Å². The molecule has 0 saturated heterocycles. The van der Waals surface area contributed by atoms with Crippen LogP contribution in [0.2, 0.25) is 0 Å². The van der Waals surface area contributed by atoms with Crippen LogP contribution in [0.1, 0.15) is 37.6 Å². The highest BCUT2D eigenvalue weighted by Crippen LogP contribution is 2.23. The summed E-state index contributed by atoms with van der Waals surface area (Å²) in [6.07, 6.45) is 0.936. The Hall–Kier alpha value is -1.71. The van der Waals surface area contributed by atoms with E-state index < -0.39 is 0 Å². The molecule has 1 aromatic carbocycles. The molecule has 1 atom stereocenters. The van der Waals surface area contributed by atoms with Crippen LogP contribution in [0.5, 0.6) is 5.75 Å². The van der Waals surface area contributed by atoms with Gasteiger partial charge in [0.25, 0.3) is 5.91 Å². The molecule has 0 heterocycles. The van der Waals surface area contributed by atoms with Gasteiger partial charge < -0.3 is 15.4 Å². The first-order chi connectivity index (χ1) is 8.54. The summed E-state index contributed by atoms with van der Waals surface area (Å²) in [4.78, 5) is 14.2. The number of rotatable bonds is 5. The number of benzene rings is 1. The number of hydrogen-bond acceptors (Lipinski definition) is 3. The van der Waals surface area contributed by atoms with Crippen molar-refractivity contribution in [1.82, 2.24) is 4.90 Å². The largest absolute Gasteiger partial charge is 0.495 e. The van der Waals surface area contributed by atoms with Gasteiger partial charge in [0.2, 0.25) is 0 Å². The lowest BCUT2D eigenvalue weighted by molar-refractivity contribution is 0.0699. The van der Waals surface area contributed by atoms with E-state index in [9.17, 15) is 4.79 Å². The number of carbonyl (C=O) groups excluding carboxylic acids is 1. The number of nitrogens with zero attached hydrogens (tertiary/aromatic N) is 1. The van der Waals surface area contributed by atoms with E-state index >= 15 is 0 Å². The number of nitrogens with two attached hydrogens (primary N) is 1. The predicted octanol–water partition coefficient (Wildman–Crippen LogP) is 2.54. The lowest BCUT2D eigenvalue weighted by atomic mass is 10.1. The molecule has 100 valence electrons. The Balaban J connectivity index is 3.02. The van der Waals surface area contributed by atoms with E-state index in [4.69, 9.17) is 10.5 Å². The topological polar surface area (TPSA) is 55.6 Å². The van der Waals surface area contributed by atoms with E-state index in [0.717, 1.165) is 6.42 Å². The second kappa shape index (κ2) is 6.28. The van der Waals surface area contributed by atoms with Crippen molar-refractivity contribution in [3.63, 3.8) is 0 Å². The first-order valence-corrected chi connectivity index (χ1v) is 6.29. The molecule has 0 fully saturated rings. The highest BCUT2D eigenvalue weighted by atomic mass is 16.5. The van der Waals surface area contributed by atoms with Gasteiger partial charge in [-0.05, 0) is 38.5 Å². The van der Waals surface area contributed by atoms with Crippen LogP contribution >= 0.6 is 0 Å². The van der Waals surface area contributed by atoms with Crippen molar-refractivity contribution in [3.05, 3.63) is 23.8 Å². The van der Waals surface area contributed by atoms with Gasteiger partial charge >= 0.3 is 0 Å². The molecule has 0 radical (unpaired) electrons. The molecule has 18 heavy (non-hydrogen) atoms. The van der Waals surface area contributed by atoms with Crippen LogP contribution in [0.15, 0.2) is 18.2 Å². The van der Waals surface area contributed by atoms with Crippen molar-refractivity contribution in [2.75, 3.05) is 19.4 Å². The van der Waals surface area contributed by atoms with Gasteiger partial charge in [-0.2, -0.15) is 0 Å². The van der Waals surface area contributed by atoms with Gasteiger partial charge in [-0.3, -0.25) is 4.79 Å². The van der Waals surface area contributed by atoms with Crippen molar-refractivity contribution in [2.45, 2.75) is 33.2 Å². The van der Waals surface area contributed by atoms with Crippen LogP contribution in [0.4, 0.5) is 5.69 Å². The lowest BCUT2D eigenvalue weighted by Crippen LogP contribution is -2.38. The minimum absolute atomic E-state index is 0.0187. The molecule has 1 aromatic rings. The van der Waals surface area contributed by atoms with Crippen molar-refractivity contribution >= 4 is 11.6 Å². The van der Waals surface area contributed by atoms with E-state index in [2.05, 4.69) is 13.8 Å². The molecule has 0 aliphatic heterocycles. The number of amides is 1. The van der Waals surface area contributed by atoms with Crippen LogP contribution < -0.4 is 10.5 Å². The summed E-state index contributed by atoms with van der Waals surface area (Å²) >= 11 is 0. The number of hydrogen-bond donors (Lipinski definition) is 1. The average Bonchev–Trinajstić information content (AvgIpc) is 2.39. The maximum Gasteiger partial charge on any atom is 0.254 e. The molecule has 0 spiro atoms. The quantitative estimate of drug-likeness (QED) is 0.817. The van der Waals surface area contributed by atoms with Crippen molar-refractivity contribution in [2.24, 2.45) is 0 Å². The van der Waals surface area contributed by atoms with Gasteiger partial charge in [0, 0.05) is 18.2 Å². The number of ether oxygens (including phenoxy) is 1. The summed E-state index contributed by atoms with van der Waals surface area (Å²) in [6, 6.07) is 5.37. The third-order valence-corrected chi connectivity index (χ3v) is 3.20. The summed E-state index contributed by atoms with van der Waals surface area (Å²) in [5.41, 5.74) is 6.90. The molecule has 4 nitrogen and oxygen atoms in total. The normalized spacial score (nSPS) is 12.0. The molecular formula is C14H22N2O2. The van der Waals surface area contributed by atoms with Crippen LogP contribution in [0, 0.1) is 0 Å². The van der Waals surface area contributed by atoms with E-state index in [-0.39, 0.29) is 11.9 Å². The molecule has 0 saturated carbocycles. The predicted molar refractivity (Wildman–Crippen MR) is 73.9 cm³/mol. The van der Waals surface area contributed by atoms with Gasteiger partial charge in [-0.1, -0.05) is 6.92 Å². The van der Waals surface area contributed by atoms with Gasteiger partial charge in [-0.25, -0.2) is 0 Å². The molecule has 1 rings (SSSR count). The molecule has 0 aromatic heterocycles. The van der Waals surface area contributed by atoms with Gasteiger partial charge in [0.15, 0.2) is 0 Å². The van der Waals surface area contributed by atoms with Crippen molar-refractivity contribution < 1.29 is 9.53 Å². The fraction of sp³-hybridized carbons (Fsp3) is 0.500. The SMILES string of the molecule is CCC(C)N(CC)C(=O)c1ccc(N)c(OC)c1. The molecule has 0 aliphatic carbocycles. The lowest BCUT2D eigenvalue weighted by Gasteiger charge is -2.27. The van der Waals surface area contributed by atoms with E-state index in [1.165, 1.54) is 0 Å².